The fourth-order valence-electron chi connectivity index (χ4n) is 17.0. The van der Waals surface area contributed by atoms with Gasteiger partial charge >= 0.3 is 30.3 Å². The zero-order valence-electron chi connectivity index (χ0n) is 72.5. The van der Waals surface area contributed by atoms with Crippen LogP contribution in [0.2, 0.25) is 0 Å². The molecule has 18 heterocycles. The molecule has 0 spiro atoms. The number of anilines is 11. The van der Waals surface area contributed by atoms with Gasteiger partial charge in [-0.15, -0.1) is 12.4 Å². The average Bonchev–Trinajstić information content (AvgIpc) is 1.55. The second-order valence-corrected chi connectivity index (χ2v) is 33.5. The van der Waals surface area contributed by atoms with Crippen molar-refractivity contribution in [2.24, 2.45) is 0 Å². The quantitative estimate of drug-likeness (QED) is 0.0339. The molecular weight excluding hydrogens is 1730 g/mol. The summed E-state index contributed by atoms with van der Waals surface area (Å²) in [4.78, 5) is 118. The van der Waals surface area contributed by atoms with Crippen molar-refractivity contribution in [2.45, 2.75) is 120 Å². The lowest BCUT2D eigenvalue weighted by atomic mass is 10.1. The number of aromatic nitrogens is 11. The van der Waals surface area contributed by atoms with E-state index in [9.17, 15) is 47.7 Å². The van der Waals surface area contributed by atoms with Crippen LogP contribution in [-0.2, 0) is 6.18 Å². The van der Waals surface area contributed by atoms with Crippen LogP contribution in [0, 0.1) is 20.8 Å². The third-order valence-electron chi connectivity index (χ3n) is 23.8. The first-order chi connectivity index (χ1) is 63.3. The van der Waals surface area contributed by atoms with Crippen LogP contribution >= 0.6 is 12.4 Å². The Morgan fingerprint density at radius 1 is 0.432 bits per heavy atom. The van der Waals surface area contributed by atoms with Crippen molar-refractivity contribution in [1.82, 2.24) is 60.1 Å². The summed E-state index contributed by atoms with van der Waals surface area (Å²) in [7, 11) is 0. The molecule has 40 heteroatoms. The average molecular weight is 1830 g/mol. The Kier molecular flexibility index (Phi) is 27.4. The van der Waals surface area contributed by atoms with Crippen molar-refractivity contribution in [3.63, 3.8) is 0 Å². The molecule has 1 saturated carbocycles. The number of carbonyl (C=O) groups is 4. The molecule has 36 nitrogen and oxygen atoms in total. The lowest BCUT2D eigenvalue weighted by Crippen LogP contribution is -2.53. The van der Waals surface area contributed by atoms with Crippen molar-refractivity contribution in [2.75, 3.05) is 147 Å². The van der Waals surface area contributed by atoms with Crippen LogP contribution in [0.1, 0.15) is 68.1 Å². The number of aliphatic hydroxyl groups is 6. The molecule has 20 rings (SSSR count). The van der Waals surface area contributed by atoms with E-state index in [0.29, 0.717) is 51.9 Å². The Hall–Kier alpha value is -13.8. The molecule has 9 aliphatic rings. The normalized spacial score (nSPS) is 18.2. The highest BCUT2D eigenvalue weighted by Gasteiger charge is 2.47. The van der Waals surface area contributed by atoms with Crippen LogP contribution in [-0.4, -0.2) is 250 Å². The molecule has 8 aliphatic heterocycles. The number of benzene rings is 1. The molecule has 1 aromatic carbocycles. The van der Waals surface area contributed by atoms with Gasteiger partial charge in [0.1, 0.15) is 55.5 Å². The summed E-state index contributed by atoms with van der Waals surface area (Å²) >= 11 is 0. The first kappa shape index (κ1) is 91.5. The van der Waals surface area contributed by atoms with Crippen molar-refractivity contribution in [1.29, 1.82) is 0 Å². The number of hydrogen-bond donors (Lipinski definition) is 10. The number of fused-ring (bicyclic) bond motifs is 16. The number of nitrogens with zero attached hydrogens (tertiary/aromatic N) is 19. The Morgan fingerprint density at radius 3 is 1.23 bits per heavy atom. The fraction of sp³-hybridized carbons (Fsp3) is 0.359. The van der Waals surface area contributed by atoms with E-state index < -0.39 is 49.9 Å². The molecule has 1 aliphatic carbocycles. The Bertz CT molecular complexity index is 5610. The number of carbonyl (C=O) groups excluding carboxylic acids is 4. The maximum atomic E-state index is 13.4. The minimum atomic E-state index is -4.42. The topological polar surface area (TPSA) is 433 Å². The number of urea groups is 4. The maximum absolute atomic E-state index is 13.4. The molecule has 5 fully saturated rings. The molecule has 10 aromatic heterocycles. The summed E-state index contributed by atoms with van der Waals surface area (Å²) in [5, 5.41) is 66.9. The van der Waals surface area contributed by atoms with Gasteiger partial charge in [0.15, 0.2) is 29.1 Å². The van der Waals surface area contributed by atoms with Gasteiger partial charge in [-0.1, -0.05) is 18.2 Å². The van der Waals surface area contributed by atoms with Crippen LogP contribution in [0.4, 0.5) is 95.8 Å². The SMILES string of the molecule is CC1(NC(=O)N2c3nc(-c4cccc(C(F)(F)F)c4)ccc3N3CC[C@H]2C3)CC1.Cc1cc(-c2ccc3c(n2)N(C(=O)Nc2cc(OC[C@@H](O)CO)ccn2)[C@H]2CCN3C2)ccn1.Cc1cc(-c2ccc3c(n2)N(C(=O)Nc2cccc(OC[C@@H](O)CO)n2)[C@H]2CCN3C2)ccn1.Cc1cc(-c2ccc3c(n2)N(C(=O)Nc2cncc(OC[C@@H](O)CO)n2)[C@H]2CCN3C2)ccn1.Cl. The highest BCUT2D eigenvalue weighted by molar-refractivity contribution is 6.07. The first-order valence-electron chi connectivity index (χ1n) is 43.2. The zero-order chi connectivity index (χ0) is 91.4. The molecule has 8 bridgehead atoms. The van der Waals surface area contributed by atoms with E-state index in [1.165, 1.54) is 24.7 Å². The third-order valence-corrected chi connectivity index (χ3v) is 23.8. The molecular formula is C92H99ClF3N23O13. The summed E-state index contributed by atoms with van der Waals surface area (Å²) in [5.74, 6) is 4.03. The second kappa shape index (κ2) is 39.5. The summed E-state index contributed by atoms with van der Waals surface area (Å²) in [5.41, 5.74) is 11.4. The predicted octanol–water partition coefficient (Wildman–Crippen LogP) is 10.9. The molecule has 0 radical (unpaired) electrons. The van der Waals surface area contributed by atoms with E-state index in [1.54, 1.807) is 80.7 Å². The van der Waals surface area contributed by atoms with Crippen LogP contribution < -0.4 is 74.7 Å². The number of amides is 8. The van der Waals surface area contributed by atoms with Gasteiger partial charge in [-0.25, -0.2) is 44.1 Å². The van der Waals surface area contributed by atoms with Gasteiger partial charge in [-0.2, -0.15) is 23.1 Å². The molecule has 11 aromatic rings. The number of hydrogen-bond acceptors (Lipinski definition) is 28. The smallest absolute Gasteiger partial charge is 0.416 e. The minimum Gasteiger partial charge on any atom is -0.491 e. The second-order valence-electron chi connectivity index (χ2n) is 33.5. The van der Waals surface area contributed by atoms with Gasteiger partial charge in [0.2, 0.25) is 11.8 Å². The molecule has 10 N–H and O–H groups in total. The molecule has 0 unspecified atom stereocenters. The number of aliphatic hydroxyl groups excluding tert-OH is 6. The summed E-state index contributed by atoms with van der Waals surface area (Å²) in [6, 6.07) is 39.4. The van der Waals surface area contributed by atoms with E-state index in [0.717, 1.165) is 177 Å². The van der Waals surface area contributed by atoms with Crippen molar-refractivity contribution < 1.29 is 77.2 Å². The highest BCUT2D eigenvalue weighted by atomic mass is 35.5. The Balaban J connectivity index is 0.000000128. The van der Waals surface area contributed by atoms with Gasteiger partial charge in [0.05, 0.1) is 107 Å². The van der Waals surface area contributed by atoms with Crippen molar-refractivity contribution in [3.05, 3.63) is 199 Å². The van der Waals surface area contributed by atoms with E-state index in [-0.39, 0.29) is 104 Å². The number of rotatable bonds is 20. The minimum absolute atomic E-state index is 0. The largest absolute Gasteiger partial charge is 0.491 e. The summed E-state index contributed by atoms with van der Waals surface area (Å²) in [6.45, 7) is 12.7. The molecule has 132 heavy (non-hydrogen) atoms. The van der Waals surface area contributed by atoms with Gasteiger partial charge in [0, 0.05) is 134 Å². The molecule has 8 amide bonds. The molecule has 4 saturated heterocycles. The summed E-state index contributed by atoms with van der Waals surface area (Å²) < 4.78 is 55.5. The monoisotopic (exact) mass is 1830 g/mol. The van der Waals surface area contributed by atoms with Crippen molar-refractivity contribution in [3.8, 4) is 62.5 Å². The number of nitrogens with one attached hydrogen (secondary N) is 4. The highest BCUT2D eigenvalue weighted by Crippen LogP contribution is 2.47. The van der Waals surface area contributed by atoms with Gasteiger partial charge in [0.25, 0.3) is 0 Å². The van der Waals surface area contributed by atoms with Crippen molar-refractivity contribution >= 4 is 100 Å². The van der Waals surface area contributed by atoms with Gasteiger partial charge in [-0.3, -0.25) is 55.5 Å². The number of ether oxygens (including phenoxy) is 3. The van der Waals surface area contributed by atoms with Crippen LogP contribution in [0.5, 0.6) is 17.5 Å². The predicted molar refractivity (Wildman–Crippen MR) is 490 cm³/mol. The van der Waals surface area contributed by atoms with Crippen LogP contribution in [0.3, 0.4) is 0 Å². The van der Waals surface area contributed by atoms with E-state index in [1.807, 2.05) is 107 Å². The zero-order valence-corrected chi connectivity index (χ0v) is 73.3. The summed E-state index contributed by atoms with van der Waals surface area (Å²) in [6.07, 6.45) is 7.42. The first-order valence-corrected chi connectivity index (χ1v) is 43.2. The molecule has 688 valence electrons. The van der Waals surface area contributed by atoms with E-state index >= 15 is 0 Å². The third kappa shape index (κ3) is 20.6. The lowest BCUT2D eigenvalue weighted by molar-refractivity contribution is -0.137. The standard InChI is InChI=1S/2C24H26N6O4.C23H25N7O4.C21H21F3N4O.ClH/c1-15-10-16(4-7-25-15)20-2-3-21-23(27-20)30(17-6-9-29(21)12-17)24(33)28-22-11-19(5-8-26-22)34-14-18(32)13-31;1-15-11-16(7-9-25-15)19-5-6-20-23(26-19)30(17-8-10-29(20)12-17)24(33)28-21-3-2-4-22(27-21)34-14-18(32)13-31;1-14-8-15(4-6-25-14)18-2-3-19-22(26-18)30(16-5-7-29(19)11-16)23(33)28-20-9-24-10-21(27-20)34-13-17(32)12-31;1-20(8-9-20)26-19(29)28-15-7-10-27(12-15)17-6-5-16(25-18(17)28)13-3-2-4-14(11-13)21(22,23)24;/h2-5,7-8,10-11,17-18,31-32H,6,9,12-14H2,1H3,(H,26,28,33);2-7,9,11,17-18,31-32H,8,10,12-14H2,1H3,(H,27,28,33);2-4,6,8-10,16-17,31-32H,5,7,11-13H2,1H3,(H,27,28,33);2-6,11,15H,7-10,12H2,1H3,(H,26,29);1H/t2*17-,18-;16-,17-;15-;/m0000./s1. The van der Waals surface area contributed by atoms with Crippen LogP contribution in [0.25, 0.3) is 45.0 Å². The van der Waals surface area contributed by atoms with E-state index in [2.05, 4.69) is 80.7 Å². The Morgan fingerprint density at radius 2 is 0.811 bits per heavy atom. The fourth-order valence-corrected chi connectivity index (χ4v) is 17.0. The number of pyridine rings is 9. The van der Waals surface area contributed by atoms with E-state index in [4.69, 9.17) is 44.5 Å². The number of aryl methyl sites for hydroxylation is 3. The number of alkyl halides is 3. The van der Waals surface area contributed by atoms with Gasteiger partial charge in [-0.05, 0) is 175 Å². The number of halogens is 4. The van der Waals surface area contributed by atoms with Crippen LogP contribution in [0.15, 0.2) is 177 Å². The van der Waals surface area contributed by atoms with Gasteiger partial charge < -0.3 is 69.8 Å². The lowest BCUT2D eigenvalue weighted by Gasteiger charge is -2.36. The Labute approximate surface area is 763 Å². The molecule has 7 atom stereocenters. The maximum Gasteiger partial charge on any atom is 0.416 e.